The van der Waals surface area contributed by atoms with Crippen molar-refractivity contribution in [1.82, 2.24) is 0 Å². The number of para-hydroxylation sites is 1. The standard InChI is InChI=1S/C13H19FN2/c1-9(2)8-16(10-6-7-10)12-5-3-4-11(14)13(12)15/h3-5,9-10H,6-8,15H2,1-2H3. The number of nitrogens with two attached hydrogens (primary N) is 1. The Hall–Kier alpha value is -1.25. The minimum absolute atomic E-state index is 0.287. The van der Waals surface area contributed by atoms with Gasteiger partial charge in [-0.1, -0.05) is 19.9 Å². The minimum atomic E-state index is -0.313. The Morgan fingerprint density at radius 1 is 1.44 bits per heavy atom. The van der Waals surface area contributed by atoms with Crippen LogP contribution < -0.4 is 10.6 Å². The predicted octanol–water partition coefficient (Wildman–Crippen LogP) is 3.03. The Labute approximate surface area is 96.2 Å². The van der Waals surface area contributed by atoms with Crippen LogP contribution in [-0.4, -0.2) is 12.6 Å². The van der Waals surface area contributed by atoms with Crippen LogP contribution in [0.2, 0.25) is 0 Å². The summed E-state index contributed by atoms with van der Waals surface area (Å²) < 4.78 is 13.4. The highest BCUT2D eigenvalue weighted by atomic mass is 19.1. The lowest BCUT2D eigenvalue weighted by Crippen LogP contribution is -2.30. The van der Waals surface area contributed by atoms with Crippen LogP contribution in [0.1, 0.15) is 26.7 Å². The van der Waals surface area contributed by atoms with Gasteiger partial charge in [0.1, 0.15) is 5.82 Å². The third-order valence-electron chi connectivity index (χ3n) is 2.89. The number of nitrogen functional groups attached to an aromatic ring is 1. The van der Waals surface area contributed by atoms with E-state index in [2.05, 4.69) is 18.7 Å². The summed E-state index contributed by atoms with van der Waals surface area (Å²) in [6, 6.07) is 5.63. The summed E-state index contributed by atoms with van der Waals surface area (Å²) in [5, 5.41) is 0. The number of benzene rings is 1. The molecule has 0 unspecified atom stereocenters. The lowest BCUT2D eigenvalue weighted by atomic mass is 10.1. The summed E-state index contributed by atoms with van der Waals surface area (Å²) in [6.07, 6.45) is 2.39. The van der Waals surface area contributed by atoms with E-state index < -0.39 is 0 Å². The molecule has 2 N–H and O–H groups in total. The lowest BCUT2D eigenvalue weighted by molar-refractivity contribution is 0.602. The molecule has 1 aromatic rings. The molecule has 0 aliphatic heterocycles. The van der Waals surface area contributed by atoms with Gasteiger partial charge in [0, 0.05) is 12.6 Å². The van der Waals surface area contributed by atoms with Crippen molar-refractivity contribution in [3.05, 3.63) is 24.0 Å². The molecule has 3 heteroatoms. The summed E-state index contributed by atoms with van der Waals surface area (Å²) in [4.78, 5) is 2.25. The van der Waals surface area contributed by atoms with Crippen molar-refractivity contribution in [2.45, 2.75) is 32.7 Å². The molecule has 1 fully saturated rings. The summed E-state index contributed by atoms with van der Waals surface area (Å²) in [5.41, 5.74) is 6.95. The van der Waals surface area contributed by atoms with Crippen molar-refractivity contribution < 1.29 is 4.39 Å². The summed E-state index contributed by atoms with van der Waals surface area (Å²) in [5.74, 6) is 0.246. The van der Waals surface area contributed by atoms with Crippen LogP contribution >= 0.6 is 0 Å². The summed E-state index contributed by atoms with van der Waals surface area (Å²) in [6.45, 7) is 5.29. The van der Waals surface area contributed by atoms with E-state index in [-0.39, 0.29) is 11.5 Å². The van der Waals surface area contributed by atoms with E-state index in [1.165, 1.54) is 18.9 Å². The molecule has 2 rings (SSSR count). The molecule has 2 nitrogen and oxygen atoms in total. The number of hydrogen-bond donors (Lipinski definition) is 1. The third kappa shape index (κ3) is 2.29. The number of hydrogen-bond acceptors (Lipinski definition) is 2. The molecular weight excluding hydrogens is 203 g/mol. The molecule has 0 amide bonds. The average molecular weight is 222 g/mol. The van der Waals surface area contributed by atoms with Gasteiger partial charge in [-0.3, -0.25) is 0 Å². The van der Waals surface area contributed by atoms with Crippen molar-refractivity contribution in [1.29, 1.82) is 0 Å². The largest absolute Gasteiger partial charge is 0.395 e. The first-order chi connectivity index (χ1) is 7.59. The molecule has 16 heavy (non-hydrogen) atoms. The molecule has 0 heterocycles. The first-order valence-electron chi connectivity index (χ1n) is 5.90. The highest BCUT2D eigenvalue weighted by Crippen LogP contribution is 2.36. The van der Waals surface area contributed by atoms with Crippen LogP contribution in [0.3, 0.4) is 0 Å². The Bertz CT molecular complexity index is 372. The summed E-state index contributed by atoms with van der Waals surface area (Å²) in [7, 11) is 0. The fourth-order valence-corrected chi connectivity index (χ4v) is 2.00. The molecule has 0 saturated heterocycles. The topological polar surface area (TPSA) is 29.3 Å². The first kappa shape index (κ1) is 11.2. The molecule has 88 valence electrons. The molecule has 1 saturated carbocycles. The zero-order chi connectivity index (χ0) is 11.7. The van der Waals surface area contributed by atoms with Gasteiger partial charge in [0.25, 0.3) is 0 Å². The monoisotopic (exact) mass is 222 g/mol. The van der Waals surface area contributed by atoms with Gasteiger partial charge in [0.05, 0.1) is 11.4 Å². The van der Waals surface area contributed by atoms with Crippen LogP contribution in [0.25, 0.3) is 0 Å². The van der Waals surface area contributed by atoms with Crippen molar-refractivity contribution >= 4 is 11.4 Å². The van der Waals surface area contributed by atoms with Crippen molar-refractivity contribution in [3.63, 3.8) is 0 Å². The highest BCUT2D eigenvalue weighted by Gasteiger charge is 2.30. The van der Waals surface area contributed by atoms with Crippen LogP contribution in [-0.2, 0) is 0 Å². The van der Waals surface area contributed by atoms with E-state index in [4.69, 9.17) is 5.73 Å². The second-order valence-electron chi connectivity index (χ2n) is 4.95. The maximum atomic E-state index is 13.4. The smallest absolute Gasteiger partial charge is 0.148 e. The van der Waals surface area contributed by atoms with Gasteiger partial charge >= 0.3 is 0 Å². The number of rotatable bonds is 4. The Morgan fingerprint density at radius 2 is 2.12 bits per heavy atom. The highest BCUT2D eigenvalue weighted by molar-refractivity contribution is 5.69. The summed E-state index contributed by atoms with van der Waals surface area (Å²) >= 11 is 0. The molecule has 0 atom stereocenters. The van der Waals surface area contributed by atoms with Gasteiger partial charge in [0.2, 0.25) is 0 Å². The molecule has 0 bridgehead atoms. The van der Waals surface area contributed by atoms with Crippen molar-refractivity contribution in [2.24, 2.45) is 5.92 Å². The molecule has 1 aliphatic carbocycles. The van der Waals surface area contributed by atoms with E-state index in [1.54, 1.807) is 6.07 Å². The maximum absolute atomic E-state index is 13.4. The van der Waals surface area contributed by atoms with Crippen molar-refractivity contribution in [3.8, 4) is 0 Å². The molecule has 1 aromatic carbocycles. The minimum Gasteiger partial charge on any atom is -0.395 e. The molecule has 0 radical (unpaired) electrons. The Morgan fingerprint density at radius 3 is 2.69 bits per heavy atom. The molecule has 1 aliphatic rings. The van der Waals surface area contributed by atoms with Crippen molar-refractivity contribution in [2.75, 3.05) is 17.2 Å². The van der Waals surface area contributed by atoms with Gasteiger partial charge in [-0.2, -0.15) is 0 Å². The quantitative estimate of drug-likeness (QED) is 0.793. The van der Waals surface area contributed by atoms with Gasteiger partial charge in [-0.15, -0.1) is 0 Å². The number of halogens is 1. The van der Waals surface area contributed by atoms with E-state index in [0.29, 0.717) is 12.0 Å². The van der Waals surface area contributed by atoms with Crippen LogP contribution in [0.5, 0.6) is 0 Å². The van der Waals surface area contributed by atoms with E-state index in [1.807, 2.05) is 6.07 Å². The van der Waals surface area contributed by atoms with Gasteiger partial charge in [0.15, 0.2) is 0 Å². The second kappa shape index (κ2) is 4.32. The molecule has 0 aromatic heterocycles. The zero-order valence-electron chi connectivity index (χ0n) is 9.91. The van der Waals surface area contributed by atoms with Crippen LogP contribution in [0.15, 0.2) is 18.2 Å². The van der Waals surface area contributed by atoms with Gasteiger partial charge in [-0.05, 0) is 30.9 Å². The van der Waals surface area contributed by atoms with Crippen LogP contribution in [0, 0.1) is 11.7 Å². The van der Waals surface area contributed by atoms with Gasteiger partial charge in [-0.25, -0.2) is 4.39 Å². The Kier molecular flexibility index (Phi) is 3.03. The fraction of sp³-hybridized carbons (Fsp3) is 0.538. The van der Waals surface area contributed by atoms with E-state index in [9.17, 15) is 4.39 Å². The average Bonchev–Trinajstić information content (AvgIpc) is 3.02. The van der Waals surface area contributed by atoms with Crippen LogP contribution in [0.4, 0.5) is 15.8 Å². The zero-order valence-corrected chi connectivity index (χ0v) is 9.91. The second-order valence-corrected chi connectivity index (χ2v) is 4.95. The van der Waals surface area contributed by atoms with Gasteiger partial charge < -0.3 is 10.6 Å². The Balaban J connectivity index is 2.27. The predicted molar refractivity (Wildman–Crippen MR) is 66.0 cm³/mol. The normalized spacial score (nSPS) is 15.5. The van der Waals surface area contributed by atoms with E-state index in [0.717, 1.165) is 12.2 Å². The number of nitrogens with zero attached hydrogens (tertiary/aromatic N) is 1. The SMILES string of the molecule is CC(C)CN(c1cccc(F)c1N)C1CC1. The first-order valence-corrected chi connectivity index (χ1v) is 5.90. The maximum Gasteiger partial charge on any atom is 0.148 e. The third-order valence-corrected chi connectivity index (χ3v) is 2.89. The lowest BCUT2D eigenvalue weighted by Gasteiger charge is -2.28. The number of anilines is 2. The fourth-order valence-electron chi connectivity index (χ4n) is 2.00. The van der Waals surface area contributed by atoms with E-state index >= 15 is 0 Å². The molecular formula is C13H19FN2. The molecule has 0 spiro atoms.